The topological polar surface area (TPSA) is 65.5 Å². The Morgan fingerprint density at radius 2 is 1.71 bits per heavy atom. The molecule has 2 unspecified atom stereocenters. The Morgan fingerprint density at radius 3 is 2.43 bits per heavy atom. The van der Waals surface area contributed by atoms with Crippen LogP contribution in [0.5, 0.6) is 0 Å². The third-order valence-electron chi connectivity index (χ3n) is 6.93. The Balaban J connectivity index is 1.72. The fourth-order valence-corrected chi connectivity index (χ4v) is 5.17. The van der Waals surface area contributed by atoms with Crippen molar-refractivity contribution < 1.29 is 9.90 Å². The van der Waals surface area contributed by atoms with Crippen LogP contribution in [0.4, 0.5) is 5.69 Å². The minimum Gasteiger partial charge on any atom is -0.394 e. The van der Waals surface area contributed by atoms with Crippen molar-refractivity contribution in [2.75, 3.05) is 18.1 Å². The van der Waals surface area contributed by atoms with Crippen molar-refractivity contribution in [1.82, 2.24) is 10.3 Å². The van der Waals surface area contributed by atoms with Gasteiger partial charge in [-0.2, -0.15) is 0 Å². The summed E-state index contributed by atoms with van der Waals surface area (Å²) in [6.07, 6.45) is 2.64. The van der Waals surface area contributed by atoms with Gasteiger partial charge in [0.25, 0.3) is 5.91 Å². The summed E-state index contributed by atoms with van der Waals surface area (Å²) in [7, 11) is 0. The molecular formula is C30H31N3O2. The number of carbonyl (C=O) groups excluding carboxylic acids is 1. The number of para-hydroxylation sites is 1. The maximum absolute atomic E-state index is 14.1. The lowest BCUT2D eigenvalue weighted by Gasteiger charge is -2.30. The van der Waals surface area contributed by atoms with E-state index in [-0.39, 0.29) is 24.6 Å². The average molecular weight is 466 g/mol. The molecule has 1 aliphatic heterocycles. The summed E-state index contributed by atoms with van der Waals surface area (Å²) in [4.78, 5) is 21.4. The van der Waals surface area contributed by atoms with Crippen LogP contribution < -0.4 is 10.2 Å². The minimum atomic E-state index is -0.116. The quantitative estimate of drug-likeness (QED) is 0.365. The zero-order chi connectivity index (χ0) is 24.2. The van der Waals surface area contributed by atoms with E-state index in [1.54, 1.807) is 0 Å². The summed E-state index contributed by atoms with van der Waals surface area (Å²) in [5.41, 5.74) is 5.05. The van der Waals surface area contributed by atoms with Crippen molar-refractivity contribution in [2.45, 2.75) is 38.3 Å². The monoisotopic (exact) mass is 465 g/mol. The van der Waals surface area contributed by atoms with Gasteiger partial charge in [0.15, 0.2) is 0 Å². The molecule has 2 heterocycles. The summed E-state index contributed by atoms with van der Waals surface area (Å²) < 4.78 is 0. The summed E-state index contributed by atoms with van der Waals surface area (Å²) >= 11 is 0. The molecule has 1 saturated heterocycles. The van der Waals surface area contributed by atoms with Crippen molar-refractivity contribution in [3.63, 3.8) is 0 Å². The summed E-state index contributed by atoms with van der Waals surface area (Å²) in [6.45, 7) is 2.91. The highest BCUT2D eigenvalue weighted by Gasteiger charge is 2.32. The van der Waals surface area contributed by atoms with E-state index in [0.717, 1.165) is 59.2 Å². The second kappa shape index (κ2) is 10.3. The molecule has 1 fully saturated rings. The molecule has 4 aromatic rings. The lowest BCUT2D eigenvalue weighted by molar-refractivity contribution is 0.0937. The van der Waals surface area contributed by atoms with Gasteiger partial charge in [0.2, 0.25) is 0 Å². The van der Waals surface area contributed by atoms with Gasteiger partial charge in [-0.25, -0.2) is 4.98 Å². The summed E-state index contributed by atoms with van der Waals surface area (Å²) in [6, 6.07) is 27.8. The number of nitrogens with zero attached hydrogens (tertiary/aromatic N) is 2. The van der Waals surface area contributed by atoms with Crippen LogP contribution in [-0.2, 0) is 0 Å². The fraction of sp³-hybridized carbons (Fsp3) is 0.267. The lowest BCUT2D eigenvalue weighted by Crippen LogP contribution is -2.36. The van der Waals surface area contributed by atoms with Gasteiger partial charge in [0.1, 0.15) is 0 Å². The van der Waals surface area contributed by atoms with Crippen LogP contribution in [-0.4, -0.2) is 35.2 Å². The van der Waals surface area contributed by atoms with E-state index < -0.39 is 0 Å². The van der Waals surface area contributed by atoms with Gasteiger partial charge in [-0.05, 0) is 30.9 Å². The van der Waals surface area contributed by atoms with E-state index in [1.807, 2.05) is 72.8 Å². The molecule has 5 heteroatoms. The van der Waals surface area contributed by atoms with Crippen LogP contribution in [0.3, 0.4) is 0 Å². The van der Waals surface area contributed by atoms with E-state index >= 15 is 0 Å². The molecule has 1 amide bonds. The molecule has 2 atom stereocenters. The molecule has 0 aliphatic carbocycles. The fourth-order valence-electron chi connectivity index (χ4n) is 5.17. The molecule has 1 aromatic heterocycles. The Morgan fingerprint density at radius 1 is 1.03 bits per heavy atom. The molecule has 0 spiro atoms. The molecule has 1 aliphatic rings. The molecule has 178 valence electrons. The number of pyridine rings is 1. The second-order valence-corrected chi connectivity index (χ2v) is 9.08. The Kier molecular flexibility index (Phi) is 6.77. The highest BCUT2D eigenvalue weighted by Crippen LogP contribution is 2.40. The zero-order valence-electron chi connectivity index (χ0n) is 20.0. The smallest absolute Gasteiger partial charge is 0.254 e. The van der Waals surface area contributed by atoms with E-state index in [4.69, 9.17) is 4.98 Å². The van der Waals surface area contributed by atoms with E-state index in [0.29, 0.717) is 5.56 Å². The number of aliphatic hydroxyl groups is 1. The number of benzene rings is 3. The highest BCUT2D eigenvalue weighted by atomic mass is 16.3. The highest BCUT2D eigenvalue weighted by molar-refractivity contribution is 6.13. The van der Waals surface area contributed by atoms with Crippen molar-refractivity contribution in [3.05, 3.63) is 96.1 Å². The predicted molar refractivity (Wildman–Crippen MR) is 142 cm³/mol. The summed E-state index contributed by atoms with van der Waals surface area (Å²) in [5.74, 6) is -0.116. The van der Waals surface area contributed by atoms with Crippen molar-refractivity contribution in [1.29, 1.82) is 0 Å². The van der Waals surface area contributed by atoms with Gasteiger partial charge < -0.3 is 15.3 Å². The first-order chi connectivity index (χ1) is 17.2. The molecular weight excluding hydrogens is 434 g/mol. The molecule has 0 saturated carbocycles. The molecule has 2 N–H and O–H groups in total. The third-order valence-corrected chi connectivity index (χ3v) is 6.93. The van der Waals surface area contributed by atoms with Crippen molar-refractivity contribution in [3.8, 4) is 11.3 Å². The number of hydrogen-bond acceptors (Lipinski definition) is 4. The Hall–Kier alpha value is -3.70. The zero-order valence-corrected chi connectivity index (χ0v) is 20.0. The van der Waals surface area contributed by atoms with Crippen LogP contribution in [0, 0.1) is 0 Å². The molecule has 35 heavy (non-hydrogen) atoms. The predicted octanol–water partition coefficient (Wildman–Crippen LogP) is 5.74. The minimum absolute atomic E-state index is 0.0388. The first-order valence-electron chi connectivity index (χ1n) is 12.4. The second-order valence-electron chi connectivity index (χ2n) is 9.08. The SMILES string of the molecule is CCC(NC(=O)c1c(N2CCCC2CO)c(-c2ccccc2)nc2ccccc12)c1ccccc1. The number of carbonyl (C=O) groups is 1. The standard InChI is InChI=1S/C30H31N3O2/c1-2-25(21-12-5-3-6-13-21)32-30(35)27-24-17-9-10-18-26(24)31-28(22-14-7-4-8-15-22)29(27)33-19-11-16-23(33)20-34/h3-10,12-15,17-18,23,25,34H,2,11,16,19-20H2,1H3,(H,32,35). The van der Waals surface area contributed by atoms with Crippen molar-refractivity contribution >= 4 is 22.5 Å². The van der Waals surface area contributed by atoms with E-state index in [9.17, 15) is 9.90 Å². The Bertz CT molecular complexity index is 1310. The number of rotatable bonds is 7. The van der Waals surface area contributed by atoms with Gasteiger partial charge in [0, 0.05) is 17.5 Å². The van der Waals surface area contributed by atoms with Crippen LogP contribution >= 0.6 is 0 Å². The maximum Gasteiger partial charge on any atom is 0.254 e. The first-order valence-corrected chi connectivity index (χ1v) is 12.4. The largest absolute Gasteiger partial charge is 0.394 e. The number of aliphatic hydroxyl groups excluding tert-OH is 1. The van der Waals surface area contributed by atoms with Crippen LogP contribution in [0.1, 0.15) is 48.1 Å². The Labute approximate surface area is 206 Å². The number of fused-ring (bicyclic) bond motifs is 1. The lowest BCUT2D eigenvalue weighted by atomic mass is 9.97. The molecule has 5 nitrogen and oxygen atoms in total. The van der Waals surface area contributed by atoms with Crippen LogP contribution in [0.25, 0.3) is 22.2 Å². The van der Waals surface area contributed by atoms with Crippen LogP contribution in [0.2, 0.25) is 0 Å². The van der Waals surface area contributed by atoms with Crippen LogP contribution in [0.15, 0.2) is 84.9 Å². The van der Waals surface area contributed by atoms with E-state index in [1.165, 1.54) is 0 Å². The number of anilines is 1. The van der Waals surface area contributed by atoms with Gasteiger partial charge in [-0.1, -0.05) is 85.8 Å². The van der Waals surface area contributed by atoms with Gasteiger partial charge in [0.05, 0.1) is 41.2 Å². The van der Waals surface area contributed by atoms with Gasteiger partial charge >= 0.3 is 0 Å². The van der Waals surface area contributed by atoms with Gasteiger partial charge in [-0.3, -0.25) is 4.79 Å². The number of amides is 1. The number of hydrogen-bond donors (Lipinski definition) is 2. The number of aromatic nitrogens is 1. The first kappa shape index (κ1) is 23.1. The third kappa shape index (κ3) is 4.52. The van der Waals surface area contributed by atoms with E-state index in [2.05, 4.69) is 29.3 Å². The average Bonchev–Trinajstić information content (AvgIpc) is 3.40. The molecule has 3 aromatic carbocycles. The van der Waals surface area contributed by atoms with Crippen molar-refractivity contribution in [2.24, 2.45) is 0 Å². The normalized spacial score (nSPS) is 16.4. The van der Waals surface area contributed by atoms with Gasteiger partial charge in [-0.15, -0.1) is 0 Å². The number of nitrogens with one attached hydrogen (secondary N) is 1. The summed E-state index contributed by atoms with van der Waals surface area (Å²) in [5, 5.41) is 14.3. The molecule has 0 radical (unpaired) electrons. The maximum atomic E-state index is 14.1. The molecule has 5 rings (SSSR count). The molecule has 0 bridgehead atoms.